The Labute approximate surface area is 177 Å². The molecular weight excluding hydrogens is 400 g/mol. The van der Waals surface area contributed by atoms with Crippen LogP contribution in [0.4, 0.5) is 17.2 Å². The Bertz CT molecular complexity index is 1090. The van der Waals surface area contributed by atoms with Crippen LogP contribution in [0, 0.1) is 11.3 Å². The number of nitrogens with zero attached hydrogens (tertiary/aromatic N) is 6. The standard InChI is InChI=1S/C21H26N6O2S/c1-7-13-26(14-8-2)17-11-9-16(10-12-17)23-24-20-18(15-22)19(21(3,4)5)25-27(20)30(6,28)29/h7-12H,1-2,13-14H2,3-6H3/b24-23+. The monoisotopic (exact) mass is 426 g/mol. The average molecular weight is 427 g/mol. The third-order valence-electron chi connectivity index (χ3n) is 4.14. The number of nitriles is 1. The molecule has 9 heteroatoms. The fraction of sp³-hybridized carbons (Fsp3) is 0.333. The van der Waals surface area contributed by atoms with Crippen LogP contribution in [-0.2, 0) is 15.4 Å². The Balaban J connectivity index is 2.47. The number of aromatic nitrogens is 2. The molecule has 1 aromatic heterocycles. The van der Waals surface area contributed by atoms with Crippen LogP contribution in [0.5, 0.6) is 0 Å². The Hall–Kier alpha value is -3.25. The van der Waals surface area contributed by atoms with Gasteiger partial charge in [-0.15, -0.1) is 27.5 Å². The van der Waals surface area contributed by atoms with Gasteiger partial charge in [0.05, 0.1) is 17.6 Å². The highest BCUT2D eigenvalue weighted by atomic mass is 32.2. The van der Waals surface area contributed by atoms with Crippen molar-refractivity contribution in [1.29, 1.82) is 5.26 Å². The molecule has 1 heterocycles. The quantitative estimate of drug-likeness (QED) is 0.458. The molecule has 158 valence electrons. The van der Waals surface area contributed by atoms with E-state index in [9.17, 15) is 13.7 Å². The van der Waals surface area contributed by atoms with E-state index in [4.69, 9.17) is 0 Å². The lowest BCUT2D eigenvalue weighted by atomic mass is 9.90. The van der Waals surface area contributed by atoms with E-state index in [-0.39, 0.29) is 11.4 Å². The summed E-state index contributed by atoms with van der Waals surface area (Å²) in [6.45, 7) is 14.4. The van der Waals surface area contributed by atoms with Gasteiger partial charge in [-0.1, -0.05) is 32.9 Å². The number of hydrogen-bond donors (Lipinski definition) is 0. The first-order valence-electron chi connectivity index (χ1n) is 9.25. The minimum absolute atomic E-state index is 0.0939. The minimum atomic E-state index is -3.77. The van der Waals surface area contributed by atoms with Crippen LogP contribution < -0.4 is 4.90 Å². The van der Waals surface area contributed by atoms with Crippen molar-refractivity contribution < 1.29 is 8.42 Å². The molecule has 0 spiro atoms. The van der Waals surface area contributed by atoms with Crippen LogP contribution in [0.25, 0.3) is 0 Å². The van der Waals surface area contributed by atoms with E-state index in [2.05, 4.69) is 33.4 Å². The van der Waals surface area contributed by atoms with Gasteiger partial charge in [-0.2, -0.15) is 10.4 Å². The van der Waals surface area contributed by atoms with Crippen LogP contribution in [0.1, 0.15) is 32.0 Å². The molecule has 0 aliphatic heterocycles. The highest BCUT2D eigenvalue weighted by Crippen LogP contribution is 2.33. The summed E-state index contributed by atoms with van der Waals surface area (Å²) in [6, 6.07) is 9.30. The van der Waals surface area contributed by atoms with E-state index in [1.807, 2.05) is 39.0 Å². The first-order valence-corrected chi connectivity index (χ1v) is 11.1. The SMILES string of the molecule is C=CCN(CC=C)c1ccc(/N=N/c2c(C#N)c(C(C)(C)C)nn2S(C)(=O)=O)cc1. The zero-order chi connectivity index (χ0) is 22.5. The van der Waals surface area contributed by atoms with E-state index in [0.29, 0.717) is 24.5 Å². The molecule has 0 amide bonds. The van der Waals surface area contributed by atoms with E-state index in [1.54, 1.807) is 24.3 Å². The zero-order valence-electron chi connectivity index (χ0n) is 17.7. The summed E-state index contributed by atoms with van der Waals surface area (Å²) in [6.07, 6.45) is 4.62. The molecule has 0 N–H and O–H groups in total. The second kappa shape index (κ2) is 9.05. The van der Waals surface area contributed by atoms with Gasteiger partial charge in [-0.3, -0.25) is 0 Å². The molecule has 0 bridgehead atoms. The minimum Gasteiger partial charge on any atom is -0.364 e. The summed E-state index contributed by atoms with van der Waals surface area (Å²) < 4.78 is 25.1. The van der Waals surface area contributed by atoms with Gasteiger partial charge in [0.25, 0.3) is 10.0 Å². The molecule has 0 aliphatic carbocycles. The lowest BCUT2D eigenvalue weighted by Gasteiger charge is -2.21. The number of anilines is 1. The maximum atomic E-state index is 12.2. The van der Waals surface area contributed by atoms with Crippen molar-refractivity contribution in [2.75, 3.05) is 24.2 Å². The summed E-state index contributed by atoms with van der Waals surface area (Å²) in [5.74, 6) is -0.103. The van der Waals surface area contributed by atoms with Gasteiger partial charge in [-0.25, -0.2) is 8.42 Å². The van der Waals surface area contributed by atoms with Crippen molar-refractivity contribution >= 4 is 27.2 Å². The molecule has 0 fully saturated rings. The van der Waals surface area contributed by atoms with E-state index >= 15 is 0 Å². The second-order valence-electron chi connectivity index (χ2n) is 7.71. The van der Waals surface area contributed by atoms with Crippen molar-refractivity contribution in [1.82, 2.24) is 9.19 Å². The molecule has 2 aromatic rings. The Kier molecular flexibility index (Phi) is 6.95. The molecule has 0 saturated heterocycles. The largest absolute Gasteiger partial charge is 0.364 e. The lowest BCUT2D eigenvalue weighted by molar-refractivity contribution is 0.553. The van der Waals surface area contributed by atoms with Crippen molar-refractivity contribution in [2.24, 2.45) is 10.2 Å². The van der Waals surface area contributed by atoms with E-state index < -0.39 is 15.4 Å². The molecule has 0 unspecified atom stereocenters. The van der Waals surface area contributed by atoms with Gasteiger partial charge in [0.1, 0.15) is 11.6 Å². The predicted octanol–water partition coefficient (Wildman–Crippen LogP) is 4.45. The van der Waals surface area contributed by atoms with E-state index in [1.165, 1.54) is 0 Å². The fourth-order valence-corrected chi connectivity index (χ4v) is 3.44. The van der Waals surface area contributed by atoms with Crippen molar-refractivity contribution in [3.63, 3.8) is 0 Å². The van der Waals surface area contributed by atoms with Crippen LogP contribution >= 0.6 is 0 Å². The number of azo groups is 1. The maximum absolute atomic E-state index is 12.2. The van der Waals surface area contributed by atoms with Gasteiger partial charge >= 0.3 is 0 Å². The number of hydrogen-bond acceptors (Lipinski definition) is 7. The summed E-state index contributed by atoms with van der Waals surface area (Å²) in [7, 11) is -3.77. The van der Waals surface area contributed by atoms with Crippen molar-refractivity contribution in [3.8, 4) is 6.07 Å². The Morgan fingerprint density at radius 1 is 1.17 bits per heavy atom. The van der Waals surface area contributed by atoms with Gasteiger partial charge in [0.15, 0.2) is 0 Å². The highest BCUT2D eigenvalue weighted by Gasteiger charge is 2.30. The predicted molar refractivity (Wildman–Crippen MR) is 119 cm³/mol. The summed E-state index contributed by atoms with van der Waals surface area (Å²) in [5, 5.41) is 22.0. The topological polar surface area (TPSA) is 104 Å². The Morgan fingerprint density at radius 3 is 2.17 bits per heavy atom. The molecule has 8 nitrogen and oxygen atoms in total. The van der Waals surface area contributed by atoms with Gasteiger partial charge in [-0.05, 0) is 24.3 Å². The highest BCUT2D eigenvalue weighted by molar-refractivity contribution is 7.89. The molecule has 2 rings (SSSR count). The van der Waals surface area contributed by atoms with Gasteiger partial charge in [0.2, 0.25) is 5.82 Å². The molecule has 0 aliphatic rings. The molecule has 0 radical (unpaired) electrons. The zero-order valence-corrected chi connectivity index (χ0v) is 18.5. The van der Waals surface area contributed by atoms with Gasteiger partial charge < -0.3 is 4.90 Å². The van der Waals surface area contributed by atoms with Crippen LogP contribution in [0.3, 0.4) is 0 Å². The van der Waals surface area contributed by atoms with Crippen LogP contribution in [0.15, 0.2) is 59.8 Å². The molecule has 0 atom stereocenters. The Morgan fingerprint density at radius 2 is 1.73 bits per heavy atom. The summed E-state index contributed by atoms with van der Waals surface area (Å²) >= 11 is 0. The third kappa shape index (κ3) is 5.21. The van der Waals surface area contributed by atoms with Crippen LogP contribution in [-0.4, -0.2) is 36.9 Å². The first kappa shape index (κ1) is 23.0. The molecule has 1 aromatic carbocycles. The molecule has 30 heavy (non-hydrogen) atoms. The molecule has 0 saturated carbocycles. The van der Waals surface area contributed by atoms with Crippen LogP contribution in [0.2, 0.25) is 0 Å². The summed E-state index contributed by atoms with van der Waals surface area (Å²) in [4.78, 5) is 2.07. The third-order valence-corrected chi connectivity index (χ3v) is 5.03. The van der Waals surface area contributed by atoms with Gasteiger partial charge in [0, 0.05) is 24.2 Å². The lowest BCUT2D eigenvalue weighted by Crippen LogP contribution is -2.22. The van der Waals surface area contributed by atoms with E-state index in [0.717, 1.165) is 16.0 Å². The fourth-order valence-electron chi connectivity index (χ4n) is 2.77. The normalized spacial score (nSPS) is 12.0. The number of rotatable bonds is 8. The summed E-state index contributed by atoms with van der Waals surface area (Å²) in [5.41, 5.74) is 1.38. The maximum Gasteiger partial charge on any atom is 0.252 e. The van der Waals surface area contributed by atoms with Crippen molar-refractivity contribution in [2.45, 2.75) is 26.2 Å². The average Bonchev–Trinajstić information content (AvgIpc) is 3.06. The van der Waals surface area contributed by atoms with Crippen molar-refractivity contribution in [3.05, 3.63) is 60.8 Å². The second-order valence-corrected chi connectivity index (χ2v) is 9.53. The first-order chi connectivity index (χ1) is 14.0. The molecular formula is C21H26N6O2S. The number of benzene rings is 1. The smallest absolute Gasteiger partial charge is 0.252 e.